The Morgan fingerprint density at radius 3 is 2.63 bits per heavy atom. The molecule has 8 nitrogen and oxygen atoms in total. The van der Waals surface area contributed by atoms with Crippen molar-refractivity contribution in [3.05, 3.63) is 59.7 Å². The highest BCUT2D eigenvalue weighted by Crippen LogP contribution is 2.38. The highest BCUT2D eigenvalue weighted by Gasteiger charge is 2.55. The van der Waals surface area contributed by atoms with E-state index < -0.39 is 41.6 Å². The number of phenolic OH excluding ortho intramolecular Hbond substituents is 1. The van der Waals surface area contributed by atoms with Crippen molar-refractivity contribution in [1.29, 1.82) is 0 Å². The number of nitrogens with one attached hydrogen (secondary N) is 2. The summed E-state index contributed by atoms with van der Waals surface area (Å²) in [6.07, 6.45) is -3.55. The molecule has 0 aromatic heterocycles. The second-order valence-corrected chi connectivity index (χ2v) is 8.55. The molecule has 2 aliphatic rings. The molecular weight excluding hydrogens is 469 g/mol. The van der Waals surface area contributed by atoms with Gasteiger partial charge < -0.3 is 25.2 Å². The van der Waals surface area contributed by atoms with Crippen LogP contribution in [0.15, 0.2) is 48.5 Å². The van der Waals surface area contributed by atoms with E-state index in [0.29, 0.717) is 24.8 Å². The second kappa shape index (κ2) is 9.57. The monoisotopic (exact) mass is 492 g/mol. The molecule has 1 heterocycles. The average molecular weight is 492 g/mol. The molecule has 0 bridgehead atoms. The smallest absolute Gasteiger partial charge is 0.508 e. The van der Waals surface area contributed by atoms with Crippen LogP contribution in [0.5, 0.6) is 11.5 Å². The highest BCUT2D eigenvalue weighted by molar-refractivity contribution is 6.00. The van der Waals surface area contributed by atoms with Crippen LogP contribution >= 0.6 is 0 Å². The number of phenols is 1. The lowest BCUT2D eigenvalue weighted by Crippen LogP contribution is -2.60. The molecule has 2 fully saturated rings. The van der Waals surface area contributed by atoms with Gasteiger partial charge in [-0.2, -0.15) is 0 Å². The molecule has 3 unspecified atom stereocenters. The predicted molar refractivity (Wildman–Crippen MR) is 116 cm³/mol. The molecule has 186 valence electrons. The number of benzene rings is 2. The molecule has 2 amide bonds. The number of carbonyl (C=O) groups excluding carboxylic acids is 3. The molecule has 35 heavy (non-hydrogen) atoms. The molecule has 3 N–H and O–H groups in total. The fraction of sp³-hybridized carbons (Fsp3) is 0.375. The number of carbonyl (C=O) groups is 3. The van der Waals surface area contributed by atoms with Crippen LogP contribution in [0.3, 0.4) is 0 Å². The zero-order valence-corrected chi connectivity index (χ0v) is 18.4. The van der Waals surface area contributed by atoms with Gasteiger partial charge in [0.05, 0.1) is 6.10 Å². The first-order chi connectivity index (χ1) is 16.6. The topological polar surface area (TPSA) is 114 Å². The summed E-state index contributed by atoms with van der Waals surface area (Å²) >= 11 is 0. The molecular formula is C24H23F3N2O6. The van der Waals surface area contributed by atoms with Gasteiger partial charge in [-0.3, -0.25) is 14.4 Å². The number of ether oxygens (including phenoxy) is 2. The van der Waals surface area contributed by atoms with E-state index in [1.165, 1.54) is 12.1 Å². The third-order valence-corrected chi connectivity index (χ3v) is 6.17. The van der Waals surface area contributed by atoms with Crippen molar-refractivity contribution in [2.24, 2.45) is 0 Å². The second-order valence-electron chi connectivity index (χ2n) is 8.55. The molecule has 0 spiro atoms. The summed E-state index contributed by atoms with van der Waals surface area (Å²) in [7, 11) is 0. The number of rotatable bonds is 7. The van der Waals surface area contributed by atoms with Crippen LogP contribution in [0.4, 0.5) is 13.2 Å². The van der Waals surface area contributed by atoms with Crippen molar-refractivity contribution >= 4 is 17.6 Å². The number of alkyl halides is 3. The first-order valence-electron chi connectivity index (χ1n) is 11.0. The molecule has 3 atom stereocenters. The molecule has 1 aliphatic heterocycles. The number of fused-ring (bicyclic) bond motifs is 1. The van der Waals surface area contributed by atoms with Gasteiger partial charge in [0, 0.05) is 12.0 Å². The maximum absolute atomic E-state index is 13.3. The van der Waals surface area contributed by atoms with Crippen LogP contribution < -0.4 is 15.4 Å². The molecule has 4 rings (SSSR count). The van der Waals surface area contributed by atoms with E-state index in [4.69, 9.17) is 4.74 Å². The lowest BCUT2D eigenvalue weighted by Gasteiger charge is -2.30. The Kier molecular flexibility index (Phi) is 6.70. The quantitative estimate of drug-likeness (QED) is 0.548. The van der Waals surface area contributed by atoms with Crippen LogP contribution in [0.25, 0.3) is 0 Å². The normalized spacial score (nSPS) is 22.4. The number of halogens is 3. The summed E-state index contributed by atoms with van der Waals surface area (Å²) in [5.74, 6) is -2.06. The lowest BCUT2D eigenvalue weighted by molar-refractivity contribution is -0.274. The van der Waals surface area contributed by atoms with E-state index in [1.54, 1.807) is 12.1 Å². The lowest BCUT2D eigenvalue weighted by atomic mass is 9.91. The van der Waals surface area contributed by atoms with Gasteiger partial charge in [-0.1, -0.05) is 12.1 Å². The van der Waals surface area contributed by atoms with E-state index in [2.05, 4.69) is 15.4 Å². The summed E-state index contributed by atoms with van der Waals surface area (Å²) < 4.78 is 46.5. The third-order valence-electron chi connectivity index (χ3n) is 6.17. The number of ketones is 1. The van der Waals surface area contributed by atoms with Crippen LogP contribution in [0.2, 0.25) is 0 Å². The summed E-state index contributed by atoms with van der Waals surface area (Å²) in [6.45, 7) is -0.0964. The first kappa shape index (κ1) is 24.5. The van der Waals surface area contributed by atoms with Crippen molar-refractivity contribution in [3.8, 4) is 11.5 Å². The summed E-state index contributed by atoms with van der Waals surface area (Å²) in [4.78, 5) is 38.7. The van der Waals surface area contributed by atoms with Gasteiger partial charge in [0.25, 0.3) is 5.91 Å². The molecule has 11 heteroatoms. The van der Waals surface area contributed by atoms with Gasteiger partial charge in [-0.05, 0) is 61.2 Å². The molecule has 1 aliphatic carbocycles. The summed E-state index contributed by atoms with van der Waals surface area (Å²) in [5, 5.41) is 15.2. The predicted octanol–water partition coefficient (Wildman–Crippen LogP) is 2.64. The maximum atomic E-state index is 13.3. The molecule has 2 aromatic rings. The zero-order valence-electron chi connectivity index (χ0n) is 18.4. The maximum Gasteiger partial charge on any atom is 0.573 e. The number of amides is 2. The van der Waals surface area contributed by atoms with Crippen molar-refractivity contribution < 1.29 is 42.1 Å². The third kappa shape index (κ3) is 5.56. The van der Waals surface area contributed by atoms with Crippen LogP contribution in [-0.2, 0) is 20.7 Å². The van der Waals surface area contributed by atoms with Crippen molar-refractivity contribution in [1.82, 2.24) is 10.6 Å². The number of Topliss-reactive ketones (excluding diaryl/α,β-unsaturated/α-hetero) is 1. The zero-order chi connectivity index (χ0) is 25.2. The molecule has 0 radical (unpaired) electrons. The highest BCUT2D eigenvalue weighted by atomic mass is 19.4. The number of hydrogen-bond acceptors (Lipinski definition) is 6. The van der Waals surface area contributed by atoms with Gasteiger partial charge in [0.1, 0.15) is 29.7 Å². The minimum atomic E-state index is -4.87. The average Bonchev–Trinajstić information content (AvgIpc) is 3.32. The van der Waals surface area contributed by atoms with E-state index in [0.717, 1.165) is 24.3 Å². The van der Waals surface area contributed by atoms with Crippen molar-refractivity contribution in [2.75, 3.05) is 6.61 Å². The Morgan fingerprint density at radius 1 is 1.20 bits per heavy atom. The summed E-state index contributed by atoms with van der Waals surface area (Å²) in [6, 6.07) is 9.26. The molecule has 2 aromatic carbocycles. The van der Waals surface area contributed by atoms with Crippen molar-refractivity contribution in [3.63, 3.8) is 0 Å². The van der Waals surface area contributed by atoms with Gasteiger partial charge >= 0.3 is 6.36 Å². The summed E-state index contributed by atoms with van der Waals surface area (Å²) in [5.41, 5.74) is -0.589. The van der Waals surface area contributed by atoms with E-state index >= 15 is 0 Å². The number of aromatic hydroxyl groups is 1. The fourth-order valence-corrected chi connectivity index (χ4v) is 4.52. The molecule has 1 saturated carbocycles. The van der Waals surface area contributed by atoms with E-state index in [-0.39, 0.29) is 30.1 Å². The largest absolute Gasteiger partial charge is 0.573 e. The Labute approximate surface area is 198 Å². The van der Waals surface area contributed by atoms with Crippen LogP contribution in [0, 0.1) is 0 Å². The Bertz CT molecular complexity index is 1120. The van der Waals surface area contributed by atoms with Gasteiger partial charge in [0.2, 0.25) is 5.91 Å². The first-order valence-corrected chi connectivity index (χ1v) is 11.0. The number of hydrogen-bond donors (Lipinski definition) is 3. The Morgan fingerprint density at radius 2 is 1.94 bits per heavy atom. The van der Waals surface area contributed by atoms with Crippen LogP contribution in [0.1, 0.15) is 35.2 Å². The SMILES string of the molecule is O=C(NC(Cc1cccc(O)c1)C(=O)NC12CCCC1OCC2=O)c1ccc(OC(F)(F)F)cc1. The van der Waals surface area contributed by atoms with Crippen molar-refractivity contribution in [2.45, 2.75) is 49.7 Å². The van der Waals surface area contributed by atoms with E-state index in [9.17, 15) is 32.7 Å². The minimum Gasteiger partial charge on any atom is -0.508 e. The van der Waals surface area contributed by atoms with Gasteiger partial charge in [-0.25, -0.2) is 0 Å². The minimum absolute atomic E-state index is 0.00294. The standard InChI is InChI=1S/C24H23F3N2O6/c25-24(26,27)35-17-8-6-15(7-9-17)21(32)28-18(12-14-3-1-4-16(30)11-14)22(33)29-23-10-2-5-20(23)34-13-19(23)31/h1,3-4,6-9,11,18,20,30H,2,5,10,12-13H2,(H,28,32)(H,29,33). The molecule has 1 saturated heterocycles. The van der Waals surface area contributed by atoms with Gasteiger partial charge in [-0.15, -0.1) is 13.2 Å². The van der Waals surface area contributed by atoms with Gasteiger partial charge in [0.15, 0.2) is 5.78 Å². The van der Waals surface area contributed by atoms with Crippen LogP contribution in [-0.4, -0.2) is 53.4 Å². The fourth-order valence-electron chi connectivity index (χ4n) is 4.52. The Hall–Kier alpha value is -3.60. The Balaban J connectivity index is 1.53. The van der Waals surface area contributed by atoms with E-state index in [1.807, 2.05) is 0 Å².